The van der Waals surface area contributed by atoms with E-state index in [1.165, 1.54) is 29.1 Å². The van der Waals surface area contributed by atoms with Gasteiger partial charge in [-0.1, -0.05) is 56.3 Å². The molecule has 0 bridgehead atoms. The van der Waals surface area contributed by atoms with E-state index in [2.05, 4.69) is 60.5 Å². The van der Waals surface area contributed by atoms with Gasteiger partial charge in [-0.2, -0.15) is 0 Å². The van der Waals surface area contributed by atoms with Gasteiger partial charge in [0.2, 0.25) is 0 Å². The second-order valence-electron chi connectivity index (χ2n) is 7.32. The highest BCUT2D eigenvalue weighted by Crippen LogP contribution is 2.43. The summed E-state index contributed by atoms with van der Waals surface area (Å²) >= 11 is 4.02. The normalized spacial score (nSPS) is 16.0. The van der Waals surface area contributed by atoms with E-state index in [0.29, 0.717) is 17.2 Å². The van der Waals surface area contributed by atoms with Gasteiger partial charge in [-0.3, -0.25) is 9.69 Å². The van der Waals surface area contributed by atoms with Gasteiger partial charge in [0.1, 0.15) is 0 Å². The molecule has 1 aliphatic rings. The fourth-order valence-corrected chi connectivity index (χ4v) is 6.64. The maximum atomic E-state index is 12.7. The Kier molecular flexibility index (Phi) is 8.96. The molecule has 1 heterocycles. The minimum Gasteiger partial charge on any atom is -0.350 e. The second kappa shape index (κ2) is 11.7. The fourth-order valence-electron chi connectivity index (χ4n) is 3.74. The molecular weight excluding hydrogens is 396 g/mol. The number of carbonyl (C=O) groups excluding carboxylic acids is 1. The molecule has 0 saturated carbocycles. The Labute approximate surface area is 184 Å². The van der Waals surface area contributed by atoms with Crippen LogP contribution in [0.2, 0.25) is 0 Å². The van der Waals surface area contributed by atoms with Crippen molar-refractivity contribution in [2.75, 3.05) is 31.1 Å². The third kappa shape index (κ3) is 6.53. The molecule has 1 atom stereocenters. The lowest BCUT2D eigenvalue weighted by atomic mass is 10.0. The molecule has 1 fully saturated rings. The first-order valence-corrected chi connectivity index (χ1v) is 12.7. The Balaban J connectivity index is 1.60. The number of nitrogens with zero attached hydrogens (tertiary/aromatic N) is 1. The minimum absolute atomic E-state index is 0.0192. The number of carbonyl (C=O) groups is 1. The summed E-state index contributed by atoms with van der Waals surface area (Å²) in [6.07, 6.45) is 2.24. The molecule has 0 aliphatic carbocycles. The summed E-state index contributed by atoms with van der Waals surface area (Å²) in [4.78, 5) is 15.2. The van der Waals surface area contributed by atoms with Crippen molar-refractivity contribution in [3.63, 3.8) is 0 Å². The van der Waals surface area contributed by atoms with Gasteiger partial charge in [0.15, 0.2) is 0 Å². The van der Waals surface area contributed by atoms with E-state index in [0.717, 1.165) is 25.1 Å². The molecule has 1 aliphatic heterocycles. The van der Waals surface area contributed by atoms with Gasteiger partial charge in [-0.15, -0.1) is 23.5 Å². The second-order valence-corrected chi connectivity index (χ2v) is 10.0. The maximum Gasteiger partial charge on any atom is 0.251 e. The monoisotopic (exact) mass is 428 g/mol. The van der Waals surface area contributed by atoms with E-state index < -0.39 is 0 Å². The highest BCUT2D eigenvalue weighted by atomic mass is 32.2. The summed E-state index contributed by atoms with van der Waals surface area (Å²) in [5.74, 6) is 2.48. The van der Waals surface area contributed by atoms with E-state index in [1.54, 1.807) is 0 Å². The highest BCUT2D eigenvalue weighted by Gasteiger charge is 2.19. The average molecular weight is 429 g/mol. The molecule has 0 spiro atoms. The molecule has 0 aromatic heterocycles. The van der Waals surface area contributed by atoms with Crippen LogP contribution < -0.4 is 5.32 Å². The van der Waals surface area contributed by atoms with E-state index in [4.69, 9.17) is 0 Å². The van der Waals surface area contributed by atoms with E-state index in [1.807, 2.05) is 41.7 Å². The predicted molar refractivity (Wildman–Crippen MR) is 128 cm³/mol. The van der Waals surface area contributed by atoms with Crippen LogP contribution in [0.3, 0.4) is 0 Å². The number of rotatable bonds is 9. The SMILES string of the molecule is CCN(CC)C(CNC(=O)c1ccc(C2SCCCS2)cc1)Cc1ccccc1. The number of hydrogen-bond donors (Lipinski definition) is 1. The van der Waals surface area contributed by atoms with Crippen LogP contribution in [-0.2, 0) is 6.42 Å². The highest BCUT2D eigenvalue weighted by molar-refractivity contribution is 8.16. The van der Waals surface area contributed by atoms with Crippen LogP contribution in [0, 0.1) is 0 Å². The molecule has 156 valence electrons. The molecule has 3 nitrogen and oxygen atoms in total. The standard InChI is InChI=1S/C24H32N2OS2/c1-3-26(4-2)22(17-19-9-6-5-7-10-19)18-25-23(27)20-11-13-21(14-12-20)24-28-15-8-16-29-24/h5-7,9-14,22,24H,3-4,8,15-18H2,1-2H3,(H,25,27). The molecule has 2 aromatic rings. The third-order valence-electron chi connectivity index (χ3n) is 5.41. The number of likely N-dealkylation sites (N-methyl/N-ethyl adjacent to an activating group) is 1. The Hall–Kier alpha value is -1.43. The van der Waals surface area contributed by atoms with E-state index >= 15 is 0 Å². The molecule has 1 saturated heterocycles. The molecule has 1 amide bonds. The first-order chi connectivity index (χ1) is 14.2. The molecule has 29 heavy (non-hydrogen) atoms. The van der Waals surface area contributed by atoms with Crippen LogP contribution in [0.15, 0.2) is 54.6 Å². The zero-order valence-corrected chi connectivity index (χ0v) is 19.1. The van der Waals surface area contributed by atoms with Crippen molar-refractivity contribution in [2.45, 2.75) is 37.3 Å². The van der Waals surface area contributed by atoms with Crippen molar-refractivity contribution >= 4 is 29.4 Å². The van der Waals surface area contributed by atoms with Gasteiger partial charge in [-0.25, -0.2) is 0 Å². The molecule has 2 aromatic carbocycles. The number of nitrogens with one attached hydrogen (secondary N) is 1. The van der Waals surface area contributed by atoms with Crippen molar-refractivity contribution in [1.82, 2.24) is 10.2 Å². The van der Waals surface area contributed by atoms with Gasteiger partial charge >= 0.3 is 0 Å². The summed E-state index contributed by atoms with van der Waals surface area (Å²) in [5.41, 5.74) is 3.38. The molecule has 1 unspecified atom stereocenters. The summed E-state index contributed by atoms with van der Waals surface area (Å²) in [5, 5.41) is 3.18. The molecule has 1 N–H and O–H groups in total. The van der Waals surface area contributed by atoms with Crippen LogP contribution >= 0.6 is 23.5 Å². The molecule has 5 heteroatoms. The fraction of sp³-hybridized carbons (Fsp3) is 0.458. The molecule has 0 radical (unpaired) electrons. The lowest BCUT2D eigenvalue weighted by Gasteiger charge is -2.30. The van der Waals surface area contributed by atoms with Crippen LogP contribution in [0.4, 0.5) is 0 Å². The number of hydrogen-bond acceptors (Lipinski definition) is 4. The number of thioether (sulfide) groups is 2. The lowest BCUT2D eigenvalue weighted by Crippen LogP contribution is -2.45. The van der Waals surface area contributed by atoms with Gasteiger partial charge in [-0.05, 0) is 60.7 Å². The third-order valence-corrected chi connectivity index (χ3v) is 8.43. The predicted octanol–water partition coefficient (Wildman–Crippen LogP) is 5.24. The van der Waals surface area contributed by atoms with Crippen molar-refractivity contribution in [3.8, 4) is 0 Å². The van der Waals surface area contributed by atoms with Crippen LogP contribution in [-0.4, -0.2) is 48.0 Å². The first kappa shape index (κ1) is 22.3. The lowest BCUT2D eigenvalue weighted by molar-refractivity contribution is 0.0934. The van der Waals surface area contributed by atoms with Crippen molar-refractivity contribution in [1.29, 1.82) is 0 Å². The van der Waals surface area contributed by atoms with Crippen LogP contribution in [0.1, 0.15) is 46.3 Å². The minimum atomic E-state index is 0.0192. The van der Waals surface area contributed by atoms with Gasteiger partial charge in [0.05, 0.1) is 4.58 Å². The average Bonchev–Trinajstić information content (AvgIpc) is 2.79. The summed E-state index contributed by atoms with van der Waals surface area (Å²) in [7, 11) is 0. The van der Waals surface area contributed by atoms with Gasteiger partial charge in [0, 0.05) is 18.2 Å². The summed E-state index contributed by atoms with van der Waals surface area (Å²) in [6, 6.07) is 19.0. The molecule has 3 rings (SSSR count). The van der Waals surface area contributed by atoms with Gasteiger partial charge in [0.25, 0.3) is 5.91 Å². The van der Waals surface area contributed by atoms with Crippen LogP contribution in [0.5, 0.6) is 0 Å². The zero-order valence-electron chi connectivity index (χ0n) is 17.5. The van der Waals surface area contributed by atoms with Crippen molar-refractivity contribution in [2.24, 2.45) is 0 Å². The van der Waals surface area contributed by atoms with Crippen molar-refractivity contribution < 1.29 is 4.79 Å². The quantitative estimate of drug-likeness (QED) is 0.592. The number of amides is 1. The summed E-state index contributed by atoms with van der Waals surface area (Å²) in [6.45, 7) is 6.99. The van der Waals surface area contributed by atoms with Gasteiger partial charge < -0.3 is 5.32 Å². The van der Waals surface area contributed by atoms with Crippen LogP contribution in [0.25, 0.3) is 0 Å². The Bertz CT molecular complexity index is 741. The Morgan fingerprint density at radius 3 is 2.31 bits per heavy atom. The zero-order chi connectivity index (χ0) is 20.5. The Morgan fingerprint density at radius 1 is 1.03 bits per heavy atom. The topological polar surface area (TPSA) is 32.3 Å². The maximum absolute atomic E-state index is 12.7. The summed E-state index contributed by atoms with van der Waals surface area (Å²) < 4.78 is 0.513. The molecular formula is C24H32N2OS2. The Morgan fingerprint density at radius 2 is 1.69 bits per heavy atom. The smallest absolute Gasteiger partial charge is 0.251 e. The van der Waals surface area contributed by atoms with Crippen molar-refractivity contribution in [3.05, 3.63) is 71.3 Å². The van der Waals surface area contributed by atoms with E-state index in [9.17, 15) is 4.79 Å². The van der Waals surface area contributed by atoms with E-state index in [-0.39, 0.29) is 5.91 Å². The number of benzene rings is 2. The first-order valence-electron chi connectivity index (χ1n) is 10.6. The largest absolute Gasteiger partial charge is 0.350 e.